The summed E-state index contributed by atoms with van der Waals surface area (Å²) in [6.07, 6.45) is -0.706. The molecule has 0 fully saturated rings. The van der Waals surface area contributed by atoms with Crippen LogP contribution in [0.1, 0.15) is 26.3 Å². The molecule has 2 amide bonds. The fourth-order valence-corrected chi connectivity index (χ4v) is 1.89. The molecule has 118 valence electrons. The Kier molecular flexibility index (Phi) is 6.90. The smallest absolute Gasteiger partial charge is 0.263 e. The van der Waals surface area contributed by atoms with Crippen molar-refractivity contribution in [3.05, 3.63) is 29.8 Å². The van der Waals surface area contributed by atoms with Crippen molar-refractivity contribution in [1.82, 2.24) is 10.2 Å². The number of nitrogens with zero attached hydrogens (tertiary/aromatic N) is 2. The zero-order valence-corrected chi connectivity index (χ0v) is 13.1. The van der Waals surface area contributed by atoms with Gasteiger partial charge in [-0.2, -0.15) is 5.26 Å². The molecule has 6 heteroatoms. The van der Waals surface area contributed by atoms with Crippen LogP contribution in [0.2, 0.25) is 0 Å². The van der Waals surface area contributed by atoms with E-state index in [9.17, 15) is 9.59 Å². The lowest BCUT2D eigenvalue weighted by atomic mass is 10.2. The molecule has 1 aromatic rings. The maximum atomic E-state index is 12.3. The van der Waals surface area contributed by atoms with Crippen molar-refractivity contribution in [2.75, 3.05) is 19.6 Å². The summed E-state index contributed by atoms with van der Waals surface area (Å²) < 4.78 is 5.57. The van der Waals surface area contributed by atoms with Crippen molar-refractivity contribution in [3.63, 3.8) is 0 Å². The van der Waals surface area contributed by atoms with Gasteiger partial charge in [0.2, 0.25) is 5.91 Å². The van der Waals surface area contributed by atoms with Gasteiger partial charge >= 0.3 is 0 Å². The number of likely N-dealkylation sites (N-methyl/N-ethyl adjacent to an activating group) is 2. The summed E-state index contributed by atoms with van der Waals surface area (Å²) in [5.41, 5.74) is 0.526. The molecular weight excluding hydrogens is 282 g/mol. The first kappa shape index (κ1) is 17.5. The maximum absolute atomic E-state index is 12.3. The van der Waals surface area contributed by atoms with Gasteiger partial charge in [-0.25, -0.2) is 0 Å². The maximum Gasteiger partial charge on any atom is 0.263 e. The van der Waals surface area contributed by atoms with Crippen molar-refractivity contribution in [1.29, 1.82) is 5.26 Å². The molecule has 22 heavy (non-hydrogen) atoms. The van der Waals surface area contributed by atoms with Crippen LogP contribution in [0.3, 0.4) is 0 Å². The number of benzene rings is 1. The SMILES string of the molecule is CCNC(=O)CN(CC)C(=O)C(C)Oc1ccc(C#N)cc1. The number of hydrogen-bond donors (Lipinski definition) is 1. The van der Waals surface area contributed by atoms with E-state index in [1.54, 1.807) is 31.2 Å². The van der Waals surface area contributed by atoms with Gasteiger partial charge in [-0.05, 0) is 45.0 Å². The molecular formula is C16H21N3O3. The average Bonchev–Trinajstić information content (AvgIpc) is 2.52. The first-order chi connectivity index (χ1) is 10.5. The summed E-state index contributed by atoms with van der Waals surface area (Å²) >= 11 is 0. The van der Waals surface area contributed by atoms with Crippen molar-refractivity contribution < 1.29 is 14.3 Å². The molecule has 0 aromatic heterocycles. The van der Waals surface area contributed by atoms with Gasteiger partial charge in [0, 0.05) is 13.1 Å². The first-order valence-electron chi connectivity index (χ1n) is 7.24. The number of nitrogens with one attached hydrogen (secondary N) is 1. The fourth-order valence-electron chi connectivity index (χ4n) is 1.89. The van der Waals surface area contributed by atoms with Gasteiger partial charge in [0.05, 0.1) is 18.2 Å². The van der Waals surface area contributed by atoms with Gasteiger partial charge in [-0.3, -0.25) is 9.59 Å². The predicted octanol–water partition coefficient (Wildman–Crippen LogP) is 1.31. The minimum Gasteiger partial charge on any atom is -0.481 e. The Hall–Kier alpha value is -2.55. The molecule has 0 radical (unpaired) electrons. The third kappa shape index (κ3) is 5.09. The Balaban J connectivity index is 2.65. The minimum absolute atomic E-state index is 0.0181. The van der Waals surface area contributed by atoms with Gasteiger partial charge in [0.15, 0.2) is 6.10 Å². The van der Waals surface area contributed by atoms with E-state index < -0.39 is 6.10 Å². The molecule has 0 saturated heterocycles. The number of amides is 2. The summed E-state index contributed by atoms with van der Waals surface area (Å²) in [7, 11) is 0. The summed E-state index contributed by atoms with van der Waals surface area (Å²) in [5, 5.41) is 11.4. The summed E-state index contributed by atoms with van der Waals surface area (Å²) in [6, 6.07) is 8.55. The Labute approximate surface area is 130 Å². The highest BCUT2D eigenvalue weighted by molar-refractivity contribution is 5.87. The van der Waals surface area contributed by atoms with E-state index >= 15 is 0 Å². The van der Waals surface area contributed by atoms with Crippen LogP contribution >= 0.6 is 0 Å². The van der Waals surface area contributed by atoms with Gasteiger partial charge < -0.3 is 15.0 Å². The largest absolute Gasteiger partial charge is 0.481 e. The number of carbonyl (C=O) groups is 2. The van der Waals surface area contributed by atoms with Gasteiger partial charge in [-0.1, -0.05) is 0 Å². The second-order valence-electron chi connectivity index (χ2n) is 4.70. The number of hydrogen-bond acceptors (Lipinski definition) is 4. The molecule has 0 saturated carbocycles. The third-order valence-corrected chi connectivity index (χ3v) is 3.05. The quantitative estimate of drug-likeness (QED) is 0.823. The molecule has 0 aliphatic carbocycles. The van der Waals surface area contributed by atoms with Crippen LogP contribution in [0.4, 0.5) is 0 Å². The lowest BCUT2D eigenvalue weighted by molar-refractivity contribution is -0.141. The van der Waals surface area contributed by atoms with Gasteiger partial charge in [0.25, 0.3) is 5.91 Å². The number of ether oxygens (including phenoxy) is 1. The van der Waals surface area contributed by atoms with E-state index in [-0.39, 0.29) is 18.4 Å². The van der Waals surface area contributed by atoms with Gasteiger partial charge in [0.1, 0.15) is 5.75 Å². The van der Waals surface area contributed by atoms with E-state index in [0.717, 1.165) is 0 Å². The number of nitriles is 1. The van der Waals surface area contributed by atoms with Crippen molar-refractivity contribution >= 4 is 11.8 Å². The highest BCUT2D eigenvalue weighted by Gasteiger charge is 2.22. The van der Waals surface area contributed by atoms with Gasteiger partial charge in [-0.15, -0.1) is 0 Å². The highest BCUT2D eigenvalue weighted by Crippen LogP contribution is 2.14. The van der Waals surface area contributed by atoms with Crippen LogP contribution < -0.4 is 10.1 Å². The summed E-state index contributed by atoms with van der Waals surface area (Å²) in [4.78, 5) is 25.3. The van der Waals surface area contributed by atoms with Crippen molar-refractivity contribution in [2.45, 2.75) is 26.9 Å². The molecule has 0 aliphatic rings. The normalized spacial score (nSPS) is 11.2. The lowest BCUT2D eigenvalue weighted by Gasteiger charge is -2.24. The molecule has 1 unspecified atom stereocenters. The Morgan fingerprint density at radius 1 is 1.32 bits per heavy atom. The van der Waals surface area contributed by atoms with E-state index in [2.05, 4.69) is 5.32 Å². The topological polar surface area (TPSA) is 82.4 Å². The fraction of sp³-hybridized carbons (Fsp3) is 0.438. The first-order valence-corrected chi connectivity index (χ1v) is 7.24. The van der Waals surface area contributed by atoms with Crippen LogP contribution in [0.5, 0.6) is 5.75 Å². The standard InChI is InChI=1S/C16H21N3O3/c1-4-18-15(20)11-19(5-2)16(21)12(3)22-14-8-6-13(10-17)7-9-14/h6-9,12H,4-5,11H2,1-3H3,(H,18,20). The van der Waals surface area contributed by atoms with Crippen LogP contribution in [0.25, 0.3) is 0 Å². The predicted molar refractivity (Wildman–Crippen MR) is 82.2 cm³/mol. The van der Waals surface area contributed by atoms with E-state index in [1.807, 2.05) is 19.9 Å². The van der Waals surface area contributed by atoms with E-state index in [4.69, 9.17) is 10.00 Å². The number of carbonyl (C=O) groups excluding carboxylic acids is 2. The van der Waals surface area contributed by atoms with Crippen LogP contribution in [0.15, 0.2) is 24.3 Å². The molecule has 0 bridgehead atoms. The molecule has 1 rings (SSSR count). The summed E-state index contributed by atoms with van der Waals surface area (Å²) in [5.74, 6) is 0.0651. The second-order valence-corrected chi connectivity index (χ2v) is 4.70. The molecule has 0 spiro atoms. The average molecular weight is 303 g/mol. The van der Waals surface area contributed by atoms with E-state index in [1.165, 1.54) is 4.90 Å². The molecule has 0 aliphatic heterocycles. The Morgan fingerprint density at radius 2 is 1.95 bits per heavy atom. The lowest BCUT2D eigenvalue weighted by Crippen LogP contribution is -2.45. The zero-order chi connectivity index (χ0) is 16.5. The molecule has 1 atom stereocenters. The Morgan fingerprint density at radius 3 is 2.45 bits per heavy atom. The summed E-state index contributed by atoms with van der Waals surface area (Å²) in [6.45, 7) is 6.25. The van der Waals surface area contributed by atoms with Crippen molar-refractivity contribution in [2.24, 2.45) is 0 Å². The molecule has 0 heterocycles. The number of rotatable bonds is 7. The monoisotopic (exact) mass is 303 g/mol. The van der Waals surface area contributed by atoms with Crippen molar-refractivity contribution in [3.8, 4) is 11.8 Å². The zero-order valence-electron chi connectivity index (χ0n) is 13.1. The van der Waals surface area contributed by atoms with E-state index in [0.29, 0.717) is 24.4 Å². The van der Waals surface area contributed by atoms with Crippen LogP contribution in [-0.2, 0) is 9.59 Å². The Bertz CT molecular complexity index is 549. The molecule has 1 N–H and O–H groups in total. The third-order valence-electron chi connectivity index (χ3n) is 3.05. The second kappa shape index (κ2) is 8.67. The molecule has 6 nitrogen and oxygen atoms in total. The molecule has 1 aromatic carbocycles. The van der Waals surface area contributed by atoms with Crippen LogP contribution in [-0.4, -0.2) is 42.5 Å². The van der Waals surface area contributed by atoms with Crippen LogP contribution in [0, 0.1) is 11.3 Å². The highest BCUT2D eigenvalue weighted by atomic mass is 16.5. The minimum atomic E-state index is -0.706.